The number of carbonyl (C=O) groups is 3. The summed E-state index contributed by atoms with van der Waals surface area (Å²) in [6.07, 6.45) is 1.17. The van der Waals surface area contributed by atoms with Crippen LogP contribution < -0.4 is 16.0 Å². The highest BCUT2D eigenvalue weighted by Gasteiger charge is 2.10. The number of hydrogen-bond donors (Lipinski definition) is 3. The van der Waals surface area contributed by atoms with Crippen molar-refractivity contribution in [2.24, 2.45) is 0 Å². The summed E-state index contributed by atoms with van der Waals surface area (Å²) in [4.78, 5) is 40.2. The van der Waals surface area contributed by atoms with E-state index in [9.17, 15) is 14.4 Å². The maximum atomic E-state index is 12.5. The number of rotatable bonds is 6. The molecule has 0 bridgehead atoms. The Kier molecular flexibility index (Phi) is 6.71. The van der Waals surface area contributed by atoms with Crippen LogP contribution in [-0.4, -0.2) is 22.7 Å². The summed E-state index contributed by atoms with van der Waals surface area (Å²) in [5.41, 5.74) is 2.27. The zero-order chi connectivity index (χ0) is 21.5. The summed E-state index contributed by atoms with van der Waals surface area (Å²) in [7, 11) is 0. The summed E-state index contributed by atoms with van der Waals surface area (Å²) in [6, 6.07) is 18.3. The largest absolute Gasteiger partial charge is 0.323 e. The van der Waals surface area contributed by atoms with Crippen LogP contribution in [0.5, 0.6) is 0 Å². The third-order valence-electron chi connectivity index (χ3n) is 3.93. The minimum absolute atomic E-state index is 0.266. The van der Waals surface area contributed by atoms with Gasteiger partial charge in [0.15, 0.2) is 0 Å². The number of amides is 3. The minimum atomic E-state index is -0.364. The Morgan fingerprint density at radius 3 is 2.07 bits per heavy atom. The molecule has 0 atom stereocenters. The van der Waals surface area contributed by atoms with Crippen LogP contribution in [0.4, 0.5) is 17.1 Å². The fourth-order valence-electron chi connectivity index (χ4n) is 2.51. The van der Waals surface area contributed by atoms with Gasteiger partial charge in [0.05, 0.1) is 0 Å². The smallest absolute Gasteiger partial charge is 0.274 e. The van der Waals surface area contributed by atoms with Crippen molar-refractivity contribution in [3.05, 3.63) is 95.2 Å². The molecule has 1 aromatic heterocycles. The molecule has 30 heavy (non-hydrogen) atoms. The summed E-state index contributed by atoms with van der Waals surface area (Å²) in [5, 5.41) is 8.14. The number of carbonyl (C=O) groups excluding carboxylic acids is 3. The topological polar surface area (TPSA) is 100 Å². The van der Waals surface area contributed by atoms with Crippen LogP contribution >= 0.6 is 15.9 Å². The van der Waals surface area contributed by atoms with Gasteiger partial charge in [-0.3, -0.25) is 14.4 Å². The standard InChI is InChI=1S/C22H17BrN4O3/c1-2-20(28)24-15-11-9-14(10-12-15)21(29)25-16-5-3-6-17(13-16)26-22(30)18-7-4-8-19(23)27-18/h2-13H,1H2,(H,24,28)(H,25,29)(H,26,30). The quantitative estimate of drug-likeness (QED) is 0.369. The van der Waals surface area contributed by atoms with Crippen LogP contribution in [0.1, 0.15) is 20.8 Å². The molecule has 150 valence electrons. The van der Waals surface area contributed by atoms with Gasteiger partial charge >= 0.3 is 0 Å². The van der Waals surface area contributed by atoms with E-state index in [4.69, 9.17) is 0 Å². The van der Waals surface area contributed by atoms with Crippen LogP contribution in [-0.2, 0) is 4.79 Å². The van der Waals surface area contributed by atoms with Crippen molar-refractivity contribution < 1.29 is 14.4 Å². The molecular formula is C22H17BrN4O3. The molecular weight excluding hydrogens is 448 g/mol. The van der Waals surface area contributed by atoms with Crippen LogP contribution in [0.3, 0.4) is 0 Å². The zero-order valence-corrected chi connectivity index (χ0v) is 17.3. The van der Waals surface area contributed by atoms with Gasteiger partial charge in [0.1, 0.15) is 10.3 Å². The monoisotopic (exact) mass is 464 g/mol. The first-order chi connectivity index (χ1) is 14.4. The maximum absolute atomic E-state index is 12.5. The van der Waals surface area contributed by atoms with E-state index in [1.54, 1.807) is 66.7 Å². The highest BCUT2D eigenvalue weighted by atomic mass is 79.9. The van der Waals surface area contributed by atoms with Gasteiger partial charge in [-0.1, -0.05) is 18.7 Å². The van der Waals surface area contributed by atoms with Crippen molar-refractivity contribution in [3.8, 4) is 0 Å². The third kappa shape index (κ3) is 5.62. The van der Waals surface area contributed by atoms with Crippen molar-refractivity contribution in [1.29, 1.82) is 0 Å². The number of nitrogens with one attached hydrogen (secondary N) is 3. The number of anilines is 3. The average Bonchev–Trinajstić information content (AvgIpc) is 2.74. The summed E-state index contributed by atoms with van der Waals surface area (Å²) >= 11 is 3.23. The first-order valence-electron chi connectivity index (χ1n) is 8.83. The molecule has 3 rings (SSSR count). The van der Waals surface area contributed by atoms with Gasteiger partial charge in [0.25, 0.3) is 11.8 Å². The summed E-state index contributed by atoms with van der Waals surface area (Å²) < 4.78 is 0.561. The number of pyridine rings is 1. The second-order valence-corrected chi connectivity index (χ2v) is 6.92. The SMILES string of the molecule is C=CC(=O)Nc1ccc(C(=O)Nc2cccc(NC(=O)c3cccc(Br)n3)c2)cc1. The molecule has 3 N–H and O–H groups in total. The molecule has 0 radical (unpaired) electrons. The van der Waals surface area contributed by atoms with Crippen molar-refractivity contribution in [1.82, 2.24) is 4.98 Å². The van der Waals surface area contributed by atoms with Crippen molar-refractivity contribution in [2.45, 2.75) is 0 Å². The average molecular weight is 465 g/mol. The van der Waals surface area contributed by atoms with E-state index in [-0.39, 0.29) is 23.4 Å². The Bertz CT molecular complexity index is 1110. The number of hydrogen-bond acceptors (Lipinski definition) is 4. The lowest BCUT2D eigenvalue weighted by molar-refractivity contribution is -0.111. The highest BCUT2D eigenvalue weighted by Crippen LogP contribution is 2.18. The molecule has 0 aliphatic heterocycles. The molecule has 8 heteroatoms. The second kappa shape index (κ2) is 9.62. The van der Waals surface area contributed by atoms with E-state index in [1.165, 1.54) is 6.08 Å². The fraction of sp³-hybridized carbons (Fsp3) is 0. The van der Waals surface area contributed by atoms with Crippen LogP contribution in [0.2, 0.25) is 0 Å². The molecule has 0 saturated heterocycles. The minimum Gasteiger partial charge on any atom is -0.323 e. The normalized spacial score (nSPS) is 10.0. The van der Waals surface area contributed by atoms with Gasteiger partial charge in [-0.2, -0.15) is 0 Å². The molecule has 0 saturated carbocycles. The van der Waals surface area contributed by atoms with Gasteiger partial charge in [-0.05, 0) is 76.6 Å². The lowest BCUT2D eigenvalue weighted by atomic mass is 10.2. The Morgan fingerprint density at radius 2 is 1.43 bits per heavy atom. The molecule has 1 heterocycles. The molecule has 0 fully saturated rings. The van der Waals surface area contributed by atoms with Gasteiger partial charge in [0, 0.05) is 22.6 Å². The molecule has 0 aliphatic carbocycles. The van der Waals surface area contributed by atoms with Crippen LogP contribution in [0, 0.1) is 0 Å². The summed E-state index contributed by atoms with van der Waals surface area (Å²) in [6.45, 7) is 3.39. The zero-order valence-electron chi connectivity index (χ0n) is 15.7. The van der Waals surface area contributed by atoms with Gasteiger partial charge in [-0.25, -0.2) is 4.98 Å². The van der Waals surface area contributed by atoms with Crippen molar-refractivity contribution >= 4 is 50.7 Å². The number of nitrogens with zero attached hydrogens (tertiary/aromatic N) is 1. The summed E-state index contributed by atoms with van der Waals surface area (Å²) in [5.74, 6) is -1.02. The number of halogens is 1. The van der Waals surface area contributed by atoms with Crippen molar-refractivity contribution in [3.63, 3.8) is 0 Å². The van der Waals surface area contributed by atoms with Crippen LogP contribution in [0.25, 0.3) is 0 Å². The Hall–Kier alpha value is -3.78. The molecule has 0 spiro atoms. The van der Waals surface area contributed by atoms with Crippen molar-refractivity contribution in [2.75, 3.05) is 16.0 Å². The van der Waals surface area contributed by atoms with Gasteiger partial charge in [0.2, 0.25) is 5.91 Å². The molecule has 7 nitrogen and oxygen atoms in total. The number of aromatic nitrogens is 1. The van der Waals surface area contributed by atoms with E-state index in [0.29, 0.717) is 27.2 Å². The molecule has 3 aromatic rings. The van der Waals surface area contributed by atoms with E-state index < -0.39 is 0 Å². The molecule has 2 aromatic carbocycles. The van der Waals surface area contributed by atoms with E-state index >= 15 is 0 Å². The Labute approximate surface area is 181 Å². The van der Waals surface area contributed by atoms with E-state index in [0.717, 1.165) is 0 Å². The third-order valence-corrected chi connectivity index (χ3v) is 4.37. The lowest BCUT2D eigenvalue weighted by Gasteiger charge is -2.09. The van der Waals surface area contributed by atoms with E-state index in [2.05, 4.69) is 43.4 Å². The Balaban J connectivity index is 1.66. The number of benzene rings is 2. The Morgan fingerprint density at radius 1 is 0.800 bits per heavy atom. The van der Waals surface area contributed by atoms with Gasteiger partial charge in [-0.15, -0.1) is 0 Å². The maximum Gasteiger partial charge on any atom is 0.274 e. The molecule has 3 amide bonds. The first kappa shape index (κ1) is 20.9. The molecule has 0 unspecified atom stereocenters. The first-order valence-corrected chi connectivity index (χ1v) is 9.63. The predicted molar refractivity (Wildman–Crippen MR) is 120 cm³/mol. The second-order valence-electron chi connectivity index (χ2n) is 6.11. The van der Waals surface area contributed by atoms with Crippen LogP contribution in [0.15, 0.2) is 84.0 Å². The van der Waals surface area contributed by atoms with E-state index in [1.807, 2.05) is 0 Å². The lowest BCUT2D eigenvalue weighted by Crippen LogP contribution is -2.15. The highest BCUT2D eigenvalue weighted by molar-refractivity contribution is 9.10. The fourth-order valence-corrected chi connectivity index (χ4v) is 2.85. The molecule has 0 aliphatic rings. The van der Waals surface area contributed by atoms with Gasteiger partial charge < -0.3 is 16.0 Å². The predicted octanol–water partition coefficient (Wildman–Crippen LogP) is 4.47.